The highest BCUT2D eigenvalue weighted by Crippen LogP contribution is 2.11. The Bertz CT molecular complexity index is 490. The third kappa shape index (κ3) is 6.00. The van der Waals surface area contributed by atoms with Crippen LogP contribution in [0.3, 0.4) is 0 Å². The van der Waals surface area contributed by atoms with Gasteiger partial charge < -0.3 is 10.2 Å². The lowest BCUT2D eigenvalue weighted by molar-refractivity contribution is 0.332. The first-order valence-corrected chi connectivity index (χ1v) is 8.65. The standard InChI is InChI=1S/C18H26N2S/c1-3-11-19-14-16-6-8-17(9-7-16)15-20(2)12-10-18-5-4-13-21-18/h4-9,13,19H,3,10-12,14-15H2,1-2H3. The number of benzene rings is 1. The number of nitrogens with zero attached hydrogens (tertiary/aromatic N) is 1. The van der Waals surface area contributed by atoms with Gasteiger partial charge in [0.15, 0.2) is 0 Å². The fraction of sp³-hybridized carbons (Fsp3) is 0.444. The van der Waals surface area contributed by atoms with E-state index in [9.17, 15) is 0 Å². The van der Waals surface area contributed by atoms with Crippen LogP contribution in [0.1, 0.15) is 29.3 Å². The minimum atomic E-state index is 0.975. The zero-order chi connectivity index (χ0) is 14.9. The largest absolute Gasteiger partial charge is 0.313 e. The molecule has 0 saturated carbocycles. The topological polar surface area (TPSA) is 15.3 Å². The predicted molar refractivity (Wildman–Crippen MR) is 92.8 cm³/mol. The Labute approximate surface area is 132 Å². The number of rotatable bonds is 9. The molecule has 114 valence electrons. The molecule has 0 aliphatic heterocycles. The lowest BCUT2D eigenvalue weighted by Gasteiger charge is -2.16. The fourth-order valence-corrected chi connectivity index (χ4v) is 3.02. The molecule has 1 heterocycles. The van der Waals surface area contributed by atoms with E-state index in [0.717, 1.165) is 32.6 Å². The molecule has 0 radical (unpaired) electrons. The molecule has 2 nitrogen and oxygen atoms in total. The van der Waals surface area contributed by atoms with Crippen molar-refractivity contribution in [1.29, 1.82) is 0 Å². The lowest BCUT2D eigenvalue weighted by Crippen LogP contribution is -2.20. The maximum Gasteiger partial charge on any atom is 0.0230 e. The van der Waals surface area contributed by atoms with E-state index in [2.05, 4.69) is 66.0 Å². The normalized spacial score (nSPS) is 11.2. The third-order valence-corrected chi connectivity index (χ3v) is 4.49. The van der Waals surface area contributed by atoms with Crippen molar-refractivity contribution in [2.45, 2.75) is 32.9 Å². The van der Waals surface area contributed by atoms with Crippen molar-refractivity contribution in [3.8, 4) is 0 Å². The summed E-state index contributed by atoms with van der Waals surface area (Å²) in [4.78, 5) is 3.86. The molecule has 2 rings (SSSR count). The smallest absolute Gasteiger partial charge is 0.0230 e. The molecule has 0 spiro atoms. The highest BCUT2D eigenvalue weighted by molar-refractivity contribution is 7.09. The molecule has 0 aliphatic carbocycles. The highest BCUT2D eigenvalue weighted by atomic mass is 32.1. The van der Waals surface area contributed by atoms with Crippen LogP contribution in [0.2, 0.25) is 0 Å². The molecular formula is C18H26N2S. The average Bonchev–Trinajstić information content (AvgIpc) is 3.01. The van der Waals surface area contributed by atoms with Gasteiger partial charge >= 0.3 is 0 Å². The summed E-state index contributed by atoms with van der Waals surface area (Å²) in [6, 6.07) is 13.3. The maximum atomic E-state index is 3.44. The molecule has 0 bridgehead atoms. The van der Waals surface area contributed by atoms with Crippen LogP contribution in [0, 0.1) is 0 Å². The molecule has 2 aromatic rings. The fourth-order valence-electron chi connectivity index (χ4n) is 2.32. The number of nitrogens with one attached hydrogen (secondary N) is 1. The van der Waals surface area contributed by atoms with Gasteiger partial charge in [0.2, 0.25) is 0 Å². The zero-order valence-electron chi connectivity index (χ0n) is 13.1. The van der Waals surface area contributed by atoms with Gasteiger partial charge in [0.1, 0.15) is 0 Å². The number of likely N-dealkylation sites (N-methyl/N-ethyl adjacent to an activating group) is 1. The van der Waals surface area contributed by atoms with Crippen molar-refractivity contribution < 1.29 is 0 Å². The Hall–Kier alpha value is -1.16. The molecule has 3 heteroatoms. The Morgan fingerprint density at radius 2 is 1.86 bits per heavy atom. The number of thiophene rings is 1. The van der Waals surface area contributed by atoms with E-state index in [1.165, 1.54) is 22.4 Å². The van der Waals surface area contributed by atoms with Crippen LogP contribution in [-0.4, -0.2) is 25.0 Å². The summed E-state index contributed by atoms with van der Waals surface area (Å²) in [5.74, 6) is 0. The monoisotopic (exact) mass is 302 g/mol. The second-order valence-corrected chi connectivity index (χ2v) is 6.59. The molecule has 1 aromatic heterocycles. The minimum absolute atomic E-state index is 0.975. The SMILES string of the molecule is CCCNCc1ccc(CN(C)CCc2cccs2)cc1. The van der Waals surface area contributed by atoms with Crippen molar-refractivity contribution in [3.63, 3.8) is 0 Å². The molecule has 0 aliphatic rings. The lowest BCUT2D eigenvalue weighted by atomic mass is 10.1. The van der Waals surface area contributed by atoms with Crippen molar-refractivity contribution in [2.24, 2.45) is 0 Å². The molecule has 0 saturated heterocycles. The van der Waals surface area contributed by atoms with Crippen molar-refractivity contribution in [1.82, 2.24) is 10.2 Å². The second-order valence-electron chi connectivity index (χ2n) is 5.56. The summed E-state index contributed by atoms with van der Waals surface area (Å²) < 4.78 is 0. The van der Waals surface area contributed by atoms with Crippen LogP contribution in [0.15, 0.2) is 41.8 Å². The van der Waals surface area contributed by atoms with Crippen LogP contribution in [0.25, 0.3) is 0 Å². The van der Waals surface area contributed by atoms with Gasteiger partial charge in [-0.25, -0.2) is 0 Å². The Morgan fingerprint density at radius 1 is 1.10 bits per heavy atom. The summed E-state index contributed by atoms with van der Waals surface area (Å²) in [5.41, 5.74) is 2.76. The average molecular weight is 302 g/mol. The maximum absolute atomic E-state index is 3.44. The molecule has 0 fully saturated rings. The minimum Gasteiger partial charge on any atom is -0.313 e. The van der Waals surface area contributed by atoms with Gasteiger partial charge in [-0.3, -0.25) is 0 Å². The van der Waals surface area contributed by atoms with E-state index in [-0.39, 0.29) is 0 Å². The summed E-state index contributed by atoms with van der Waals surface area (Å²) in [6.45, 7) is 6.39. The van der Waals surface area contributed by atoms with Gasteiger partial charge in [0.25, 0.3) is 0 Å². The molecule has 0 atom stereocenters. The van der Waals surface area contributed by atoms with Crippen LogP contribution >= 0.6 is 11.3 Å². The van der Waals surface area contributed by atoms with Crippen molar-refractivity contribution in [2.75, 3.05) is 20.1 Å². The number of hydrogen-bond acceptors (Lipinski definition) is 3. The summed E-state index contributed by atoms with van der Waals surface area (Å²) in [6.07, 6.45) is 2.33. The second kappa shape index (κ2) is 8.98. The van der Waals surface area contributed by atoms with Gasteiger partial charge in [-0.2, -0.15) is 0 Å². The summed E-state index contributed by atoms with van der Waals surface area (Å²) in [7, 11) is 2.20. The first-order valence-electron chi connectivity index (χ1n) is 7.77. The van der Waals surface area contributed by atoms with Crippen molar-refractivity contribution in [3.05, 3.63) is 57.8 Å². The Kier molecular flexibility index (Phi) is 6.93. The van der Waals surface area contributed by atoms with E-state index in [0.29, 0.717) is 0 Å². The van der Waals surface area contributed by atoms with Crippen LogP contribution in [0.4, 0.5) is 0 Å². The molecule has 1 N–H and O–H groups in total. The van der Waals surface area contributed by atoms with E-state index >= 15 is 0 Å². The van der Waals surface area contributed by atoms with Crippen LogP contribution in [-0.2, 0) is 19.5 Å². The van der Waals surface area contributed by atoms with Crippen LogP contribution in [0.5, 0.6) is 0 Å². The van der Waals surface area contributed by atoms with Gasteiger partial charge in [-0.1, -0.05) is 37.3 Å². The van der Waals surface area contributed by atoms with Gasteiger partial charge in [0.05, 0.1) is 0 Å². The van der Waals surface area contributed by atoms with Gasteiger partial charge in [0, 0.05) is 24.5 Å². The Morgan fingerprint density at radius 3 is 2.52 bits per heavy atom. The highest BCUT2D eigenvalue weighted by Gasteiger charge is 2.02. The first-order chi connectivity index (χ1) is 10.3. The molecule has 0 unspecified atom stereocenters. The third-order valence-electron chi connectivity index (χ3n) is 3.55. The zero-order valence-corrected chi connectivity index (χ0v) is 14.0. The molecular weight excluding hydrogens is 276 g/mol. The van der Waals surface area contributed by atoms with Gasteiger partial charge in [-0.15, -0.1) is 11.3 Å². The van der Waals surface area contributed by atoms with E-state index < -0.39 is 0 Å². The predicted octanol–water partition coefficient (Wildman–Crippen LogP) is 3.92. The first kappa shape index (κ1) is 16.2. The summed E-state index contributed by atoms with van der Waals surface area (Å²) >= 11 is 1.85. The van der Waals surface area contributed by atoms with E-state index in [1.807, 2.05) is 11.3 Å². The van der Waals surface area contributed by atoms with E-state index in [4.69, 9.17) is 0 Å². The quantitative estimate of drug-likeness (QED) is 0.706. The molecule has 1 aromatic carbocycles. The Balaban J connectivity index is 1.74. The van der Waals surface area contributed by atoms with Crippen molar-refractivity contribution >= 4 is 11.3 Å². The number of hydrogen-bond donors (Lipinski definition) is 1. The summed E-state index contributed by atoms with van der Waals surface area (Å²) in [5, 5.41) is 5.59. The van der Waals surface area contributed by atoms with Crippen LogP contribution < -0.4 is 5.32 Å². The molecule has 21 heavy (non-hydrogen) atoms. The molecule has 0 amide bonds. The van der Waals surface area contributed by atoms with E-state index in [1.54, 1.807) is 0 Å². The van der Waals surface area contributed by atoms with Gasteiger partial charge in [-0.05, 0) is 49.0 Å².